The number of anilines is 1. The Balaban J connectivity index is 2.19. The van der Waals surface area contributed by atoms with Crippen LogP contribution < -0.4 is 4.90 Å². The Morgan fingerprint density at radius 1 is 1.00 bits per heavy atom. The van der Waals surface area contributed by atoms with Crippen LogP contribution in [0.4, 0.5) is 5.69 Å². The predicted octanol–water partition coefficient (Wildman–Crippen LogP) is 5.69. The normalized spacial score (nSPS) is 14.7. The molecule has 2 aromatic carbocycles. The average molecular weight is 400 g/mol. The average Bonchev–Trinajstić information content (AvgIpc) is 2.81. The van der Waals surface area contributed by atoms with Crippen LogP contribution in [0.25, 0.3) is 5.57 Å². The lowest BCUT2D eigenvalue weighted by molar-refractivity contribution is -0.119. The van der Waals surface area contributed by atoms with Crippen molar-refractivity contribution in [1.82, 2.24) is 0 Å². The number of imide groups is 1. The van der Waals surface area contributed by atoms with Crippen molar-refractivity contribution >= 4 is 46.4 Å². The molecule has 0 radical (unpaired) electrons. The lowest BCUT2D eigenvalue weighted by Gasteiger charge is -2.18. The van der Waals surface area contributed by atoms with Gasteiger partial charge in [-0.25, -0.2) is 4.90 Å². The van der Waals surface area contributed by atoms with Crippen molar-refractivity contribution in [3.05, 3.63) is 68.6 Å². The molecule has 0 N–H and O–H groups in total. The van der Waals surface area contributed by atoms with Gasteiger partial charge in [-0.05, 0) is 49.6 Å². The molecular formula is C22H22ClNO2S. The van der Waals surface area contributed by atoms with Crippen LogP contribution in [0, 0.1) is 20.8 Å². The van der Waals surface area contributed by atoms with E-state index in [9.17, 15) is 9.59 Å². The highest BCUT2D eigenvalue weighted by atomic mass is 35.5. The molecule has 1 aliphatic heterocycles. The van der Waals surface area contributed by atoms with E-state index in [0.717, 1.165) is 22.3 Å². The minimum Gasteiger partial charge on any atom is -0.268 e. The number of carbonyl (C=O) groups excluding carboxylic acids is 2. The van der Waals surface area contributed by atoms with Crippen molar-refractivity contribution in [2.75, 3.05) is 4.90 Å². The minimum atomic E-state index is -0.291. The van der Waals surface area contributed by atoms with Crippen LogP contribution in [-0.4, -0.2) is 17.1 Å². The second kappa shape index (κ2) is 7.53. The van der Waals surface area contributed by atoms with Gasteiger partial charge in [-0.3, -0.25) is 9.59 Å². The van der Waals surface area contributed by atoms with Crippen LogP contribution in [0.2, 0.25) is 5.02 Å². The van der Waals surface area contributed by atoms with Crippen LogP contribution in [-0.2, 0) is 9.59 Å². The fraction of sp³-hybridized carbons (Fsp3) is 0.273. The third-order valence-corrected chi connectivity index (χ3v) is 6.02. The first-order valence-corrected chi connectivity index (χ1v) is 10.1. The summed E-state index contributed by atoms with van der Waals surface area (Å²) in [5.41, 5.74) is 4.66. The highest BCUT2D eigenvalue weighted by Gasteiger charge is 2.41. The Labute approximate surface area is 169 Å². The maximum Gasteiger partial charge on any atom is 0.272 e. The van der Waals surface area contributed by atoms with E-state index in [1.54, 1.807) is 18.2 Å². The first kappa shape index (κ1) is 19.7. The van der Waals surface area contributed by atoms with Gasteiger partial charge < -0.3 is 0 Å². The minimum absolute atomic E-state index is 0.179. The SMILES string of the molecule is Cc1ccc(C2=C(SC(C)C)C(=O)N(c3cccc(Cl)c3C)C2=O)c(C)c1. The molecule has 5 heteroatoms. The number of hydrogen-bond donors (Lipinski definition) is 0. The lowest BCUT2D eigenvalue weighted by atomic mass is 9.98. The maximum absolute atomic E-state index is 13.4. The summed E-state index contributed by atoms with van der Waals surface area (Å²) in [5, 5.41) is 0.712. The molecule has 3 rings (SSSR count). The van der Waals surface area contributed by atoms with Gasteiger partial charge in [0.2, 0.25) is 0 Å². The number of halogens is 1. The van der Waals surface area contributed by atoms with Gasteiger partial charge in [0.25, 0.3) is 11.8 Å². The van der Waals surface area contributed by atoms with E-state index in [0.29, 0.717) is 21.2 Å². The van der Waals surface area contributed by atoms with Crippen molar-refractivity contribution in [2.45, 2.75) is 39.9 Å². The van der Waals surface area contributed by atoms with Gasteiger partial charge in [0.1, 0.15) is 0 Å². The number of thioether (sulfide) groups is 1. The van der Waals surface area contributed by atoms with Crippen LogP contribution in [0.3, 0.4) is 0 Å². The summed E-state index contributed by atoms with van der Waals surface area (Å²) in [6.07, 6.45) is 0. The summed E-state index contributed by atoms with van der Waals surface area (Å²) >= 11 is 7.67. The highest BCUT2D eigenvalue weighted by Crippen LogP contribution is 2.42. The summed E-state index contributed by atoms with van der Waals surface area (Å²) in [5.74, 6) is -0.570. The standard InChI is InChI=1S/C22H22ClNO2S/c1-12(2)27-20-19(16-10-9-13(3)11-14(16)4)21(25)24(22(20)26)18-8-6-7-17(23)15(18)5/h6-12H,1-5H3. The Bertz CT molecular complexity index is 978. The van der Waals surface area contributed by atoms with Gasteiger partial charge in [0.15, 0.2) is 0 Å². The van der Waals surface area contributed by atoms with E-state index in [-0.39, 0.29) is 17.1 Å². The fourth-order valence-electron chi connectivity index (χ4n) is 3.24. The van der Waals surface area contributed by atoms with Gasteiger partial charge in [-0.15, -0.1) is 11.8 Å². The van der Waals surface area contributed by atoms with E-state index in [4.69, 9.17) is 11.6 Å². The summed E-state index contributed by atoms with van der Waals surface area (Å²) in [6.45, 7) is 9.84. The molecule has 0 saturated carbocycles. The second-order valence-corrected chi connectivity index (χ2v) is 9.01. The zero-order chi connectivity index (χ0) is 19.9. The molecule has 1 heterocycles. The topological polar surface area (TPSA) is 37.4 Å². The molecule has 0 aliphatic carbocycles. The Hall–Kier alpha value is -2.04. The molecule has 2 aromatic rings. The number of carbonyl (C=O) groups is 2. The fourth-order valence-corrected chi connectivity index (χ4v) is 4.39. The third-order valence-electron chi connectivity index (χ3n) is 4.53. The van der Waals surface area contributed by atoms with Gasteiger partial charge in [0.05, 0.1) is 16.2 Å². The molecule has 0 bridgehead atoms. The zero-order valence-electron chi connectivity index (χ0n) is 16.1. The van der Waals surface area contributed by atoms with E-state index >= 15 is 0 Å². The maximum atomic E-state index is 13.4. The number of aryl methyl sites for hydroxylation is 2. The van der Waals surface area contributed by atoms with E-state index < -0.39 is 0 Å². The van der Waals surface area contributed by atoms with E-state index in [2.05, 4.69) is 0 Å². The Morgan fingerprint density at radius 3 is 2.33 bits per heavy atom. The summed E-state index contributed by atoms with van der Waals surface area (Å²) < 4.78 is 0. The summed E-state index contributed by atoms with van der Waals surface area (Å²) in [7, 11) is 0. The first-order chi connectivity index (χ1) is 12.7. The molecule has 0 atom stereocenters. The van der Waals surface area contributed by atoms with E-state index in [1.165, 1.54) is 16.7 Å². The van der Waals surface area contributed by atoms with Gasteiger partial charge in [0, 0.05) is 10.3 Å². The molecular weight excluding hydrogens is 378 g/mol. The zero-order valence-corrected chi connectivity index (χ0v) is 17.7. The third kappa shape index (κ3) is 3.56. The summed E-state index contributed by atoms with van der Waals surface area (Å²) in [6, 6.07) is 11.2. The predicted molar refractivity (Wildman–Crippen MR) is 114 cm³/mol. The molecule has 0 aromatic heterocycles. The quantitative estimate of drug-likeness (QED) is 0.619. The van der Waals surface area contributed by atoms with Gasteiger partial charge in [-0.2, -0.15) is 0 Å². The monoisotopic (exact) mass is 399 g/mol. The smallest absolute Gasteiger partial charge is 0.268 e. The van der Waals surface area contributed by atoms with Crippen molar-refractivity contribution in [3.63, 3.8) is 0 Å². The van der Waals surface area contributed by atoms with Crippen molar-refractivity contribution in [2.24, 2.45) is 0 Å². The van der Waals surface area contributed by atoms with Crippen molar-refractivity contribution in [1.29, 1.82) is 0 Å². The largest absolute Gasteiger partial charge is 0.272 e. The molecule has 140 valence electrons. The van der Waals surface area contributed by atoms with Crippen LogP contribution in [0.15, 0.2) is 41.3 Å². The van der Waals surface area contributed by atoms with Crippen LogP contribution in [0.5, 0.6) is 0 Å². The molecule has 0 saturated heterocycles. The van der Waals surface area contributed by atoms with E-state index in [1.807, 2.05) is 52.8 Å². The molecule has 0 fully saturated rings. The molecule has 3 nitrogen and oxygen atoms in total. The lowest BCUT2D eigenvalue weighted by Crippen LogP contribution is -2.32. The molecule has 1 aliphatic rings. The molecule has 2 amide bonds. The number of amides is 2. The van der Waals surface area contributed by atoms with Gasteiger partial charge in [-0.1, -0.05) is 55.3 Å². The number of rotatable bonds is 4. The Kier molecular flexibility index (Phi) is 5.50. The number of hydrogen-bond acceptors (Lipinski definition) is 3. The van der Waals surface area contributed by atoms with Crippen molar-refractivity contribution < 1.29 is 9.59 Å². The molecule has 0 spiro atoms. The van der Waals surface area contributed by atoms with Crippen molar-refractivity contribution in [3.8, 4) is 0 Å². The van der Waals surface area contributed by atoms with Crippen LogP contribution in [0.1, 0.15) is 36.1 Å². The molecule has 0 unspecified atom stereocenters. The van der Waals surface area contributed by atoms with Crippen LogP contribution >= 0.6 is 23.4 Å². The number of benzene rings is 2. The number of nitrogens with zero attached hydrogens (tertiary/aromatic N) is 1. The Morgan fingerprint density at radius 2 is 1.70 bits per heavy atom. The second-order valence-electron chi connectivity index (χ2n) is 7.02. The first-order valence-electron chi connectivity index (χ1n) is 8.84. The molecule has 27 heavy (non-hydrogen) atoms. The highest BCUT2D eigenvalue weighted by molar-refractivity contribution is 8.04. The summed E-state index contributed by atoms with van der Waals surface area (Å²) in [4.78, 5) is 28.4. The van der Waals surface area contributed by atoms with Gasteiger partial charge >= 0.3 is 0 Å².